The molecule has 8 heteroatoms. The van der Waals surface area contributed by atoms with E-state index in [0.717, 1.165) is 0 Å². The van der Waals surface area contributed by atoms with Gasteiger partial charge >= 0.3 is 0 Å². The lowest BCUT2D eigenvalue weighted by atomic mass is 9.98. The predicted molar refractivity (Wildman–Crippen MR) is 108 cm³/mol. The maximum atomic E-state index is 13.3. The molecule has 0 spiro atoms. The Labute approximate surface area is 170 Å². The van der Waals surface area contributed by atoms with Crippen LogP contribution in [-0.4, -0.2) is 22.3 Å². The number of aryl methyl sites for hydroxylation is 1. The van der Waals surface area contributed by atoms with Crippen LogP contribution in [0.3, 0.4) is 0 Å². The highest BCUT2D eigenvalue weighted by Gasteiger charge is 2.42. The lowest BCUT2D eigenvalue weighted by molar-refractivity contribution is -0.384. The van der Waals surface area contributed by atoms with E-state index in [4.69, 9.17) is 16.0 Å². The molecular weight excluding hydrogens is 396 g/mol. The van der Waals surface area contributed by atoms with Gasteiger partial charge in [0.2, 0.25) is 5.76 Å². The number of rotatable bonds is 4. The lowest BCUT2D eigenvalue weighted by Gasteiger charge is -2.23. The van der Waals surface area contributed by atoms with Gasteiger partial charge in [-0.2, -0.15) is 0 Å². The summed E-state index contributed by atoms with van der Waals surface area (Å²) in [6.07, 6.45) is 1.53. The number of carbonyl (C=O) groups is 1. The third kappa shape index (κ3) is 2.91. The Kier molecular flexibility index (Phi) is 4.47. The predicted octanol–water partition coefficient (Wildman–Crippen LogP) is 4.39. The fourth-order valence-corrected chi connectivity index (χ4v) is 3.79. The molecule has 0 N–H and O–H groups in total. The van der Waals surface area contributed by atoms with Gasteiger partial charge in [-0.25, -0.2) is 0 Å². The molecule has 1 amide bonds. The maximum absolute atomic E-state index is 13.3. The van der Waals surface area contributed by atoms with Gasteiger partial charge in [-0.3, -0.25) is 19.7 Å². The quantitative estimate of drug-likeness (QED) is 0.361. The number of non-ortho nitro benzene ring substituents is 1. The van der Waals surface area contributed by atoms with E-state index in [9.17, 15) is 19.7 Å². The largest absolute Gasteiger partial charge is 0.450 e. The Bertz CT molecular complexity index is 1260. The summed E-state index contributed by atoms with van der Waals surface area (Å²) >= 11 is 6.18. The molecule has 146 valence electrons. The van der Waals surface area contributed by atoms with Crippen molar-refractivity contribution in [1.82, 2.24) is 4.90 Å². The number of nitrogens with zero attached hydrogens (tertiary/aromatic N) is 2. The molecule has 1 aliphatic heterocycles. The van der Waals surface area contributed by atoms with Crippen LogP contribution in [-0.2, 0) is 0 Å². The zero-order valence-corrected chi connectivity index (χ0v) is 16.1. The van der Waals surface area contributed by atoms with Gasteiger partial charge in [-0.1, -0.05) is 29.8 Å². The van der Waals surface area contributed by atoms with Gasteiger partial charge < -0.3 is 9.32 Å². The van der Waals surface area contributed by atoms with Gasteiger partial charge in [-0.05, 0) is 30.2 Å². The fourth-order valence-electron chi connectivity index (χ4n) is 3.62. The Hall–Kier alpha value is -3.45. The summed E-state index contributed by atoms with van der Waals surface area (Å²) < 4.78 is 5.82. The first kappa shape index (κ1) is 18.9. The normalized spacial score (nSPS) is 15.6. The van der Waals surface area contributed by atoms with Gasteiger partial charge in [-0.15, -0.1) is 6.58 Å². The first-order chi connectivity index (χ1) is 13.8. The lowest BCUT2D eigenvalue weighted by Crippen LogP contribution is -2.29. The number of halogens is 1. The molecule has 1 atom stereocenters. The number of hydrogen-bond acceptors (Lipinski definition) is 5. The second-order valence-electron chi connectivity index (χ2n) is 6.77. The molecule has 4 rings (SSSR count). The monoisotopic (exact) mass is 410 g/mol. The molecule has 7 nitrogen and oxygen atoms in total. The molecule has 0 bridgehead atoms. The third-order valence-corrected chi connectivity index (χ3v) is 5.38. The average Bonchev–Trinajstić information content (AvgIpc) is 2.96. The average molecular weight is 411 g/mol. The Morgan fingerprint density at radius 1 is 1.31 bits per heavy atom. The van der Waals surface area contributed by atoms with Crippen LogP contribution in [0.2, 0.25) is 5.02 Å². The highest BCUT2D eigenvalue weighted by atomic mass is 35.5. The number of nitro benzene ring substituents is 1. The number of fused-ring (bicyclic) bond motifs is 2. The van der Waals surface area contributed by atoms with Crippen LogP contribution in [0.25, 0.3) is 11.0 Å². The molecule has 2 heterocycles. The molecule has 1 aromatic heterocycles. The van der Waals surface area contributed by atoms with Crippen molar-refractivity contribution >= 4 is 34.2 Å². The minimum atomic E-state index is -0.823. The molecule has 2 aromatic carbocycles. The van der Waals surface area contributed by atoms with Gasteiger partial charge in [0.05, 0.1) is 21.9 Å². The van der Waals surface area contributed by atoms with E-state index in [0.29, 0.717) is 16.1 Å². The molecule has 0 radical (unpaired) electrons. The number of carbonyl (C=O) groups excluding carboxylic acids is 1. The van der Waals surface area contributed by atoms with E-state index >= 15 is 0 Å². The second-order valence-corrected chi connectivity index (χ2v) is 7.18. The highest BCUT2D eigenvalue weighted by Crippen LogP contribution is 2.39. The zero-order valence-electron chi connectivity index (χ0n) is 15.3. The van der Waals surface area contributed by atoms with Crippen LogP contribution in [0.1, 0.15) is 33.3 Å². The molecule has 0 aliphatic carbocycles. The summed E-state index contributed by atoms with van der Waals surface area (Å²) in [4.78, 5) is 38.4. The van der Waals surface area contributed by atoms with Crippen molar-refractivity contribution in [3.05, 3.63) is 96.9 Å². The molecule has 29 heavy (non-hydrogen) atoms. The van der Waals surface area contributed by atoms with Gasteiger partial charge in [0.15, 0.2) is 5.43 Å². The van der Waals surface area contributed by atoms with Crippen LogP contribution in [0.5, 0.6) is 0 Å². The molecule has 0 saturated carbocycles. The Morgan fingerprint density at radius 2 is 2.07 bits per heavy atom. The van der Waals surface area contributed by atoms with Gasteiger partial charge in [0, 0.05) is 23.7 Å². The minimum absolute atomic E-state index is 0.0671. The van der Waals surface area contributed by atoms with Crippen molar-refractivity contribution in [3.8, 4) is 0 Å². The summed E-state index contributed by atoms with van der Waals surface area (Å²) in [5.74, 6) is -0.536. The standard InChI is InChI=1S/C21H15ClN2O5/c1-3-7-23-18(12-5-4-6-13(9-12)24(27)28)17-19(25)14-10-15(22)11(2)8-16(14)29-20(17)21(23)26/h3-6,8-10,18H,1,7H2,2H3. The second kappa shape index (κ2) is 6.86. The van der Waals surface area contributed by atoms with E-state index in [-0.39, 0.29) is 40.0 Å². The van der Waals surface area contributed by atoms with Crippen LogP contribution >= 0.6 is 11.6 Å². The SMILES string of the molecule is C=CCN1C(=O)c2oc3cc(C)c(Cl)cc3c(=O)c2C1c1cccc([N+](=O)[O-])c1. The first-order valence-corrected chi connectivity index (χ1v) is 9.14. The van der Waals surface area contributed by atoms with Crippen molar-refractivity contribution in [3.63, 3.8) is 0 Å². The summed E-state index contributed by atoms with van der Waals surface area (Å²) in [5.41, 5.74) is 1.04. The minimum Gasteiger partial charge on any atom is -0.450 e. The molecule has 0 fully saturated rings. The highest BCUT2D eigenvalue weighted by molar-refractivity contribution is 6.32. The van der Waals surface area contributed by atoms with Crippen molar-refractivity contribution in [2.24, 2.45) is 0 Å². The van der Waals surface area contributed by atoms with Crippen LogP contribution in [0.4, 0.5) is 5.69 Å². The van der Waals surface area contributed by atoms with Crippen molar-refractivity contribution in [2.45, 2.75) is 13.0 Å². The molecule has 0 saturated heterocycles. The van der Waals surface area contributed by atoms with Crippen molar-refractivity contribution in [2.75, 3.05) is 6.54 Å². The Morgan fingerprint density at radius 3 is 2.76 bits per heavy atom. The maximum Gasteiger partial charge on any atom is 0.291 e. The van der Waals surface area contributed by atoms with E-state index in [2.05, 4.69) is 6.58 Å². The molecular formula is C21H15ClN2O5. The van der Waals surface area contributed by atoms with E-state index in [1.165, 1.54) is 35.2 Å². The fraction of sp³-hybridized carbons (Fsp3) is 0.143. The van der Waals surface area contributed by atoms with Gasteiger partial charge in [0.1, 0.15) is 5.58 Å². The third-order valence-electron chi connectivity index (χ3n) is 4.97. The van der Waals surface area contributed by atoms with Gasteiger partial charge in [0.25, 0.3) is 11.6 Å². The molecule has 3 aromatic rings. The Balaban J connectivity index is 2.03. The first-order valence-electron chi connectivity index (χ1n) is 8.76. The summed E-state index contributed by atoms with van der Waals surface area (Å²) in [7, 11) is 0. The zero-order chi connectivity index (χ0) is 20.9. The van der Waals surface area contributed by atoms with Crippen LogP contribution in [0, 0.1) is 17.0 Å². The van der Waals surface area contributed by atoms with E-state index < -0.39 is 16.9 Å². The smallest absolute Gasteiger partial charge is 0.291 e. The van der Waals surface area contributed by atoms with Crippen molar-refractivity contribution in [1.29, 1.82) is 0 Å². The summed E-state index contributed by atoms with van der Waals surface area (Å²) in [5, 5.41) is 11.9. The van der Waals surface area contributed by atoms with Crippen molar-refractivity contribution < 1.29 is 14.1 Å². The van der Waals surface area contributed by atoms with Crippen LogP contribution < -0.4 is 5.43 Å². The number of benzene rings is 2. The molecule has 1 unspecified atom stereocenters. The number of amides is 1. The number of nitro groups is 1. The number of hydrogen-bond donors (Lipinski definition) is 0. The van der Waals surface area contributed by atoms with E-state index in [1.54, 1.807) is 19.1 Å². The summed E-state index contributed by atoms with van der Waals surface area (Å²) in [6, 6.07) is 8.18. The van der Waals surface area contributed by atoms with E-state index in [1.807, 2.05) is 0 Å². The van der Waals surface area contributed by atoms with Crippen LogP contribution in [0.15, 0.2) is 58.3 Å². The molecule has 1 aliphatic rings. The topological polar surface area (TPSA) is 93.7 Å². The summed E-state index contributed by atoms with van der Waals surface area (Å²) in [6.45, 7) is 5.58.